The van der Waals surface area contributed by atoms with E-state index in [9.17, 15) is 4.79 Å². The molecule has 0 aliphatic heterocycles. The molecule has 1 N–H and O–H groups in total. The normalized spacial score (nSPS) is 11.1. The van der Waals surface area contributed by atoms with Crippen molar-refractivity contribution in [3.63, 3.8) is 0 Å². The highest BCUT2D eigenvalue weighted by molar-refractivity contribution is 6.30. The maximum Gasteiger partial charge on any atom is 0.224 e. The van der Waals surface area contributed by atoms with Crippen LogP contribution in [0.5, 0.6) is 5.75 Å². The van der Waals surface area contributed by atoms with Gasteiger partial charge in [-0.3, -0.25) is 4.79 Å². The summed E-state index contributed by atoms with van der Waals surface area (Å²) in [7, 11) is 0. The number of hydrogen-bond donors (Lipinski definition) is 1. The van der Waals surface area contributed by atoms with Crippen molar-refractivity contribution < 1.29 is 9.53 Å². The van der Waals surface area contributed by atoms with Crippen LogP contribution in [-0.2, 0) is 17.8 Å². The topological polar surface area (TPSA) is 38.3 Å². The minimum absolute atomic E-state index is 0.00978. The zero-order valence-corrected chi connectivity index (χ0v) is 14.5. The standard InChI is InChI=1S/C19H22ClNO2/c1-19(2,3)23-17-10-6-14(7-11-17)12-18(22)21-13-15-4-8-16(20)9-5-15/h4-11H,12-13H2,1-3H3,(H,21,22). The molecule has 0 spiro atoms. The van der Waals surface area contributed by atoms with Crippen LogP contribution < -0.4 is 10.1 Å². The molecule has 0 bridgehead atoms. The van der Waals surface area contributed by atoms with Gasteiger partial charge in [-0.25, -0.2) is 0 Å². The molecule has 122 valence electrons. The average Bonchev–Trinajstić information content (AvgIpc) is 2.47. The van der Waals surface area contributed by atoms with E-state index in [1.54, 1.807) is 0 Å². The van der Waals surface area contributed by atoms with Gasteiger partial charge >= 0.3 is 0 Å². The van der Waals surface area contributed by atoms with E-state index in [0.717, 1.165) is 16.9 Å². The highest BCUT2D eigenvalue weighted by Gasteiger charge is 2.11. The Labute approximate surface area is 142 Å². The lowest BCUT2D eigenvalue weighted by atomic mass is 10.1. The Balaban J connectivity index is 1.84. The van der Waals surface area contributed by atoms with E-state index in [4.69, 9.17) is 16.3 Å². The summed E-state index contributed by atoms with van der Waals surface area (Å²) >= 11 is 5.84. The predicted octanol–water partition coefficient (Wildman–Crippen LogP) is 4.38. The summed E-state index contributed by atoms with van der Waals surface area (Å²) in [5.74, 6) is 0.798. The number of amides is 1. The van der Waals surface area contributed by atoms with Gasteiger partial charge in [-0.15, -0.1) is 0 Å². The number of halogens is 1. The zero-order valence-electron chi connectivity index (χ0n) is 13.7. The zero-order chi connectivity index (χ0) is 16.9. The maximum atomic E-state index is 12.0. The Kier molecular flexibility index (Phi) is 5.67. The molecule has 0 atom stereocenters. The third kappa shape index (κ3) is 6.33. The van der Waals surface area contributed by atoms with E-state index in [2.05, 4.69) is 5.32 Å². The summed E-state index contributed by atoms with van der Waals surface area (Å²) in [6.07, 6.45) is 0.351. The number of ether oxygens (including phenoxy) is 1. The Hall–Kier alpha value is -2.00. The largest absolute Gasteiger partial charge is 0.488 e. The van der Waals surface area contributed by atoms with Crippen molar-refractivity contribution in [1.82, 2.24) is 5.32 Å². The number of benzene rings is 2. The quantitative estimate of drug-likeness (QED) is 0.883. The SMILES string of the molecule is CC(C)(C)Oc1ccc(CC(=O)NCc2ccc(Cl)cc2)cc1. The first kappa shape index (κ1) is 17.4. The van der Waals surface area contributed by atoms with Crippen LogP contribution in [0.3, 0.4) is 0 Å². The van der Waals surface area contributed by atoms with Gasteiger partial charge in [0, 0.05) is 11.6 Å². The van der Waals surface area contributed by atoms with Gasteiger partial charge in [0.15, 0.2) is 0 Å². The molecule has 0 aromatic heterocycles. The van der Waals surface area contributed by atoms with Gasteiger partial charge in [0.25, 0.3) is 0 Å². The third-order valence-corrected chi connectivity index (χ3v) is 3.37. The molecule has 0 saturated heterocycles. The van der Waals surface area contributed by atoms with Gasteiger partial charge in [0.1, 0.15) is 11.4 Å². The van der Waals surface area contributed by atoms with Crippen molar-refractivity contribution in [2.75, 3.05) is 0 Å². The molecular formula is C19H22ClNO2. The van der Waals surface area contributed by atoms with E-state index in [0.29, 0.717) is 18.0 Å². The Bertz CT molecular complexity index is 643. The molecule has 0 aliphatic rings. The van der Waals surface area contributed by atoms with Crippen LogP contribution in [0.2, 0.25) is 5.02 Å². The Morgan fingerprint density at radius 1 is 1.00 bits per heavy atom. The highest BCUT2D eigenvalue weighted by Crippen LogP contribution is 2.18. The fraction of sp³-hybridized carbons (Fsp3) is 0.316. The first-order chi connectivity index (χ1) is 10.8. The monoisotopic (exact) mass is 331 g/mol. The fourth-order valence-corrected chi connectivity index (χ4v) is 2.21. The second-order valence-corrected chi connectivity index (χ2v) is 6.87. The maximum absolute atomic E-state index is 12.0. The predicted molar refractivity (Wildman–Crippen MR) is 93.8 cm³/mol. The van der Waals surface area contributed by atoms with Crippen LogP contribution in [0.1, 0.15) is 31.9 Å². The summed E-state index contributed by atoms with van der Waals surface area (Å²) in [6, 6.07) is 15.1. The minimum atomic E-state index is -0.225. The molecule has 0 unspecified atom stereocenters. The average molecular weight is 332 g/mol. The van der Waals surface area contributed by atoms with Crippen LogP contribution in [-0.4, -0.2) is 11.5 Å². The van der Waals surface area contributed by atoms with Crippen LogP contribution >= 0.6 is 11.6 Å². The van der Waals surface area contributed by atoms with Crippen LogP contribution in [0.4, 0.5) is 0 Å². The summed E-state index contributed by atoms with van der Waals surface area (Å²) < 4.78 is 5.77. The highest BCUT2D eigenvalue weighted by atomic mass is 35.5. The van der Waals surface area contributed by atoms with Crippen molar-refractivity contribution in [2.24, 2.45) is 0 Å². The van der Waals surface area contributed by atoms with Gasteiger partial charge in [0.05, 0.1) is 6.42 Å². The smallest absolute Gasteiger partial charge is 0.224 e. The number of rotatable bonds is 5. The molecule has 2 aromatic rings. The number of nitrogens with one attached hydrogen (secondary N) is 1. The van der Waals surface area contributed by atoms with Gasteiger partial charge in [0.2, 0.25) is 5.91 Å². The van der Waals surface area contributed by atoms with E-state index < -0.39 is 0 Å². The number of carbonyl (C=O) groups is 1. The minimum Gasteiger partial charge on any atom is -0.488 e. The molecule has 0 aliphatic carbocycles. The summed E-state index contributed by atoms with van der Waals surface area (Å²) in [5.41, 5.74) is 1.76. The van der Waals surface area contributed by atoms with Gasteiger partial charge in [-0.2, -0.15) is 0 Å². The molecule has 0 saturated carbocycles. The molecule has 0 fully saturated rings. The molecule has 1 amide bonds. The van der Waals surface area contributed by atoms with Gasteiger partial charge in [-0.1, -0.05) is 35.9 Å². The summed E-state index contributed by atoms with van der Waals surface area (Å²) in [5, 5.41) is 3.60. The second kappa shape index (κ2) is 7.51. The summed E-state index contributed by atoms with van der Waals surface area (Å²) in [4.78, 5) is 12.0. The molecule has 0 heterocycles. The van der Waals surface area contributed by atoms with Crippen molar-refractivity contribution >= 4 is 17.5 Å². The van der Waals surface area contributed by atoms with Gasteiger partial charge < -0.3 is 10.1 Å². The number of hydrogen-bond acceptors (Lipinski definition) is 2. The fourth-order valence-electron chi connectivity index (χ4n) is 2.08. The molecule has 3 nitrogen and oxygen atoms in total. The lowest BCUT2D eigenvalue weighted by Crippen LogP contribution is -2.24. The van der Waals surface area contributed by atoms with E-state index in [1.165, 1.54) is 0 Å². The van der Waals surface area contributed by atoms with Crippen molar-refractivity contribution in [3.8, 4) is 5.75 Å². The Morgan fingerprint density at radius 2 is 1.57 bits per heavy atom. The molecule has 2 aromatic carbocycles. The molecule has 4 heteroatoms. The van der Waals surface area contributed by atoms with Crippen LogP contribution in [0.25, 0.3) is 0 Å². The van der Waals surface area contributed by atoms with E-state index in [1.807, 2.05) is 69.3 Å². The van der Waals surface area contributed by atoms with Crippen molar-refractivity contribution in [3.05, 3.63) is 64.7 Å². The first-order valence-corrected chi connectivity index (χ1v) is 7.99. The Morgan fingerprint density at radius 3 is 2.13 bits per heavy atom. The van der Waals surface area contributed by atoms with E-state index >= 15 is 0 Å². The number of carbonyl (C=O) groups excluding carboxylic acids is 1. The van der Waals surface area contributed by atoms with Gasteiger partial charge in [-0.05, 0) is 56.2 Å². The van der Waals surface area contributed by atoms with E-state index in [-0.39, 0.29) is 11.5 Å². The van der Waals surface area contributed by atoms with Crippen molar-refractivity contribution in [1.29, 1.82) is 0 Å². The van der Waals surface area contributed by atoms with Crippen LogP contribution in [0.15, 0.2) is 48.5 Å². The second-order valence-electron chi connectivity index (χ2n) is 6.44. The first-order valence-electron chi connectivity index (χ1n) is 7.61. The molecule has 23 heavy (non-hydrogen) atoms. The summed E-state index contributed by atoms with van der Waals surface area (Å²) in [6.45, 7) is 6.52. The van der Waals surface area contributed by atoms with Crippen LogP contribution in [0, 0.1) is 0 Å². The molecular weight excluding hydrogens is 310 g/mol. The third-order valence-electron chi connectivity index (χ3n) is 3.12. The molecule has 0 radical (unpaired) electrons. The lowest BCUT2D eigenvalue weighted by Gasteiger charge is -2.21. The van der Waals surface area contributed by atoms with Crippen molar-refractivity contribution in [2.45, 2.75) is 39.3 Å². The molecule has 2 rings (SSSR count). The lowest BCUT2D eigenvalue weighted by molar-refractivity contribution is -0.120.